The average molecular weight is 429 g/mol. The van der Waals surface area contributed by atoms with Gasteiger partial charge < -0.3 is 14.5 Å². The fraction of sp³-hybridized carbons (Fsp3) is 0.435. The third kappa shape index (κ3) is 4.84. The van der Waals surface area contributed by atoms with Gasteiger partial charge in [-0.2, -0.15) is 0 Å². The molecule has 2 aromatic rings. The molecule has 2 aliphatic heterocycles. The summed E-state index contributed by atoms with van der Waals surface area (Å²) in [5.41, 5.74) is 0.653. The van der Waals surface area contributed by atoms with Gasteiger partial charge in [0.25, 0.3) is 5.91 Å². The molecule has 7 heteroatoms. The Kier molecular flexibility index (Phi) is 6.11. The van der Waals surface area contributed by atoms with Crippen LogP contribution in [0.15, 0.2) is 53.4 Å². The van der Waals surface area contributed by atoms with Gasteiger partial charge >= 0.3 is 0 Å². The van der Waals surface area contributed by atoms with Crippen LogP contribution < -0.4 is 4.74 Å². The normalized spacial score (nSPS) is 19.9. The van der Waals surface area contributed by atoms with Crippen LogP contribution in [0.3, 0.4) is 0 Å². The lowest BCUT2D eigenvalue weighted by Gasteiger charge is -2.28. The maximum absolute atomic E-state index is 13.1. The molecular formula is C23H28N2O4S. The number of amides is 1. The molecule has 0 aromatic heterocycles. The lowest BCUT2D eigenvalue weighted by Crippen LogP contribution is -2.42. The van der Waals surface area contributed by atoms with Crippen LogP contribution >= 0.6 is 0 Å². The Balaban J connectivity index is 1.42. The van der Waals surface area contributed by atoms with Crippen molar-refractivity contribution >= 4 is 15.7 Å². The fourth-order valence-corrected chi connectivity index (χ4v) is 4.95. The van der Waals surface area contributed by atoms with Gasteiger partial charge in [0.2, 0.25) is 0 Å². The van der Waals surface area contributed by atoms with Crippen LogP contribution in [0.1, 0.15) is 36.0 Å². The molecule has 2 aromatic carbocycles. The smallest absolute Gasteiger partial charge is 0.254 e. The first-order chi connectivity index (χ1) is 14.4. The Labute approximate surface area is 178 Å². The number of hydrogen-bond acceptors (Lipinski definition) is 5. The van der Waals surface area contributed by atoms with E-state index in [-0.39, 0.29) is 10.8 Å². The third-order valence-corrected chi connectivity index (χ3v) is 6.99. The Bertz CT molecular complexity index is 998. The zero-order valence-electron chi connectivity index (χ0n) is 17.3. The van der Waals surface area contributed by atoms with Crippen molar-refractivity contribution in [1.29, 1.82) is 0 Å². The maximum atomic E-state index is 13.1. The van der Waals surface area contributed by atoms with Crippen LogP contribution in [-0.2, 0) is 9.84 Å². The van der Waals surface area contributed by atoms with Gasteiger partial charge in [0.15, 0.2) is 9.84 Å². The van der Waals surface area contributed by atoms with Gasteiger partial charge in [0.05, 0.1) is 4.90 Å². The van der Waals surface area contributed by atoms with Gasteiger partial charge in [-0.05, 0) is 81.2 Å². The molecule has 2 aliphatic rings. The quantitative estimate of drug-likeness (QED) is 0.704. The Morgan fingerprint density at radius 1 is 1.00 bits per heavy atom. The highest BCUT2D eigenvalue weighted by Crippen LogP contribution is 2.26. The Hall–Kier alpha value is -2.38. The second-order valence-corrected chi connectivity index (χ2v) is 10.2. The van der Waals surface area contributed by atoms with Gasteiger partial charge in [-0.1, -0.05) is 6.07 Å². The second-order valence-electron chi connectivity index (χ2n) is 8.18. The summed E-state index contributed by atoms with van der Waals surface area (Å²) < 4.78 is 29.2. The molecule has 2 heterocycles. The van der Waals surface area contributed by atoms with Gasteiger partial charge in [0.1, 0.15) is 11.5 Å². The summed E-state index contributed by atoms with van der Waals surface area (Å²) >= 11 is 0. The summed E-state index contributed by atoms with van der Waals surface area (Å²) in [5, 5.41) is 0. The number of ether oxygens (including phenoxy) is 1. The van der Waals surface area contributed by atoms with Crippen LogP contribution in [0, 0.1) is 0 Å². The molecule has 30 heavy (non-hydrogen) atoms. The molecule has 1 amide bonds. The molecule has 6 nitrogen and oxygen atoms in total. The first-order valence-electron chi connectivity index (χ1n) is 10.5. The molecule has 2 saturated heterocycles. The monoisotopic (exact) mass is 428 g/mol. The number of carbonyl (C=O) groups is 1. The summed E-state index contributed by atoms with van der Waals surface area (Å²) in [5.74, 6) is 1.08. The molecule has 0 bridgehead atoms. The van der Waals surface area contributed by atoms with Gasteiger partial charge in [-0.3, -0.25) is 4.79 Å². The molecule has 0 aliphatic carbocycles. The van der Waals surface area contributed by atoms with E-state index in [4.69, 9.17) is 4.74 Å². The molecule has 4 rings (SSSR count). The van der Waals surface area contributed by atoms with Crippen molar-refractivity contribution in [3.05, 3.63) is 54.1 Å². The first kappa shape index (κ1) is 20.9. The van der Waals surface area contributed by atoms with E-state index in [9.17, 15) is 13.2 Å². The zero-order valence-corrected chi connectivity index (χ0v) is 18.1. The third-order valence-electron chi connectivity index (χ3n) is 5.88. The maximum Gasteiger partial charge on any atom is 0.254 e. The van der Waals surface area contributed by atoms with Crippen molar-refractivity contribution < 1.29 is 17.9 Å². The van der Waals surface area contributed by atoms with E-state index in [2.05, 4.69) is 4.90 Å². The molecule has 2 fully saturated rings. The molecule has 0 unspecified atom stereocenters. The van der Waals surface area contributed by atoms with Crippen molar-refractivity contribution in [2.45, 2.75) is 36.6 Å². The molecule has 1 atom stereocenters. The number of rotatable bonds is 6. The van der Waals surface area contributed by atoms with Crippen LogP contribution in [0.2, 0.25) is 0 Å². The number of hydrogen-bond donors (Lipinski definition) is 0. The summed E-state index contributed by atoms with van der Waals surface area (Å²) in [6.45, 7) is 4.08. The van der Waals surface area contributed by atoms with Crippen molar-refractivity contribution in [2.75, 3.05) is 32.4 Å². The van der Waals surface area contributed by atoms with Crippen molar-refractivity contribution in [3.63, 3.8) is 0 Å². The largest absolute Gasteiger partial charge is 0.457 e. The first-order valence-corrected chi connectivity index (χ1v) is 12.4. The SMILES string of the molecule is CS(=O)(=O)c1cccc(Oc2ccc(C(=O)N3CCC[C@H]3CN3CCCC3)cc2)c1. The number of carbonyl (C=O) groups excluding carboxylic acids is 1. The topological polar surface area (TPSA) is 66.9 Å². The van der Waals surface area contributed by atoms with Gasteiger partial charge in [0, 0.05) is 31.0 Å². The zero-order chi connectivity index (χ0) is 21.1. The number of likely N-dealkylation sites (tertiary alicyclic amines) is 2. The van der Waals surface area contributed by atoms with Crippen molar-refractivity contribution in [1.82, 2.24) is 9.80 Å². The van der Waals surface area contributed by atoms with E-state index in [1.807, 2.05) is 4.90 Å². The molecular weight excluding hydrogens is 400 g/mol. The highest BCUT2D eigenvalue weighted by Gasteiger charge is 2.31. The standard InChI is InChI=1S/C23H28N2O4S/c1-30(27,28)22-8-4-7-21(16-22)29-20-11-9-18(10-12-20)23(26)25-15-5-6-19(25)17-24-13-2-3-14-24/h4,7-12,16,19H,2-3,5-6,13-15,17H2,1H3/t19-/m0/s1. The predicted molar refractivity (Wildman–Crippen MR) is 116 cm³/mol. The van der Waals surface area contributed by atoms with Crippen molar-refractivity contribution in [3.8, 4) is 11.5 Å². The van der Waals surface area contributed by atoms with E-state index in [0.29, 0.717) is 23.1 Å². The van der Waals surface area contributed by atoms with Crippen molar-refractivity contribution in [2.24, 2.45) is 0 Å². The minimum Gasteiger partial charge on any atom is -0.457 e. The van der Waals surface area contributed by atoms with Crippen LogP contribution in [0.5, 0.6) is 11.5 Å². The molecule has 160 valence electrons. The minimum atomic E-state index is -3.29. The Morgan fingerprint density at radius 3 is 2.43 bits per heavy atom. The van der Waals surface area contributed by atoms with Crippen LogP contribution in [0.25, 0.3) is 0 Å². The highest BCUT2D eigenvalue weighted by molar-refractivity contribution is 7.90. The summed E-state index contributed by atoms with van der Waals surface area (Å²) in [4.78, 5) is 17.8. The summed E-state index contributed by atoms with van der Waals surface area (Å²) in [6.07, 6.45) is 5.81. The molecule has 0 spiro atoms. The van der Waals surface area contributed by atoms with Crippen LogP contribution in [0.4, 0.5) is 0 Å². The number of benzene rings is 2. The molecule has 0 saturated carbocycles. The lowest BCUT2D eigenvalue weighted by atomic mass is 10.1. The van der Waals surface area contributed by atoms with Gasteiger partial charge in [-0.25, -0.2) is 8.42 Å². The summed E-state index contributed by atoms with van der Waals surface area (Å²) in [6, 6.07) is 13.8. The van der Waals surface area contributed by atoms with E-state index in [1.54, 1.807) is 42.5 Å². The Morgan fingerprint density at radius 2 is 1.73 bits per heavy atom. The molecule has 0 radical (unpaired) electrons. The van der Waals surface area contributed by atoms with E-state index >= 15 is 0 Å². The van der Waals surface area contributed by atoms with Crippen LogP contribution in [-0.4, -0.2) is 62.6 Å². The lowest BCUT2D eigenvalue weighted by molar-refractivity contribution is 0.0708. The van der Waals surface area contributed by atoms with E-state index in [1.165, 1.54) is 25.2 Å². The minimum absolute atomic E-state index is 0.0716. The van der Waals surface area contributed by atoms with E-state index < -0.39 is 9.84 Å². The number of nitrogens with zero attached hydrogens (tertiary/aromatic N) is 2. The highest BCUT2D eigenvalue weighted by atomic mass is 32.2. The second kappa shape index (κ2) is 8.78. The van der Waals surface area contributed by atoms with Gasteiger partial charge in [-0.15, -0.1) is 0 Å². The summed E-state index contributed by atoms with van der Waals surface area (Å²) in [7, 11) is -3.29. The average Bonchev–Trinajstić information content (AvgIpc) is 3.40. The number of sulfone groups is 1. The molecule has 0 N–H and O–H groups in total. The fourth-order valence-electron chi connectivity index (χ4n) is 4.29. The van der Waals surface area contributed by atoms with E-state index in [0.717, 1.165) is 39.0 Å². The predicted octanol–water partition coefficient (Wildman–Crippen LogP) is 3.58.